The van der Waals surface area contributed by atoms with Crippen molar-refractivity contribution >= 4 is 18.3 Å². The molecule has 0 aromatic heterocycles. The Kier molecular flexibility index (Phi) is 9.47. The van der Waals surface area contributed by atoms with Crippen molar-refractivity contribution in [3.8, 4) is 0 Å². The zero-order valence-electron chi connectivity index (χ0n) is 15.8. The zero-order valence-corrected chi connectivity index (χ0v) is 16.6. The van der Waals surface area contributed by atoms with Crippen LogP contribution in [0.2, 0.25) is 0 Å². The molecule has 4 nitrogen and oxygen atoms in total. The summed E-state index contributed by atoms with van der Waals surface area (Å²) in [5.41, 5.74) is 2.49. The molecule has 142 valence electrons. The van der Waals surface area contributed by atoms with Crippen LogP contribution in [0.3, 0.4) is 0 Å². The molecule has 1 aromatic rings. The van der Waals surface area contributed by atoms with Crippen LogP contribution in [-0.2, 0) is 22.4 Å². The summed E-state index contributed by atoms with van der Waals surface area (Å²) < 4.78 is 5.40. The van der Waals surface area contributed by atoms with Crippen molar-refractivity contribution in [2.75, 3.05) is 33.4 Å². The highest BCUT2D eigenvalue weighted by atomic mass is 35.5. The molecule has 25 heavy (non-hydrogen) atoms. The van der Waals surface area contributed by atoms with Gasteiger partial charge in [-0.2, -0.15) is 0 Å². The largest absolute Gasteiger partial charge is 0.384 e. The van der Waals surface area contributed by atoms with E-state index in [0.29, 0.717) is 25.5 Å². The van der Waals surface area contributed by atoms with Gasteiger partial charge in [-0.1, -0.05) is 38.1 Å². The second kappa shape index (κ2) is 10.8. The fourth-order valence-electron chi connectivity index (χ4n) is 3.43. The van der Waals surface area contributed by atoms with Gasteiger partial charge >= 0.3 is 0 Å². The molecule has 2 rings (SSSR count). The Labute approximate surface area is 158 Å². The third-order valence-electron chi connectivity index (χ3n) is 4.81. The molecule has 0 aliphatic carbocycles. The number of amides is 1. The maximum atomic E-state index is 12.3. The van der Waals surface area contributed by atoms with Gasteiger partial charge in [0.15, 0.2) is 0 Å². The van der Waals surface area contributed by atoms with Crippen LogP contribution < -0.4 is 10.6 Å². The molecule has 1 heterocycles. The van der Waals surface area contributed by atoms with Crippen molar-refractivity contribution in [3.05, 3.63) is 35.4 Å². The van der Waals surface area contributed by atoms with E-state index in [1.165, 1.54) is 5.56 Å². The fraction of sp³-hybridized carbons (Fsp3) is 0.650. The summed E-state index contributed by atoms with van der Waals surface area (Å²) >= 11 is 0. The van der Waals surface area contributed by atoms with E-state index in [0.717, 1.165) is 37.9 Å². The molecule has 0 radical (unpaired) electrons. The van der Waals surface area contributed by atoms with E-state index >= 15 is 0 Å². The fourth-order valence-corrected chi connectivity index (χ4v) is 3.43. The molecule has 1 fully saturated rings. The van der Waals surface area contributed by atoms with E-state index in [4.69, 9.17) is 4.74 Å². The Morgan fingerprint density at radius 1 is 1.20 bits per heavy atom. The summed E-state index contributed by atoms with van der Waals surface area (Å²) in [6.07, 6.45) is 3.62. The van der Waals surface area contributed by atoms with E-state index in [9.17, 15) is 4.79 Å². The summed E-state index contributed by atoms with van der Waals surface area (Å²) in [5.74, 6) is 0.752. The van der Waals surface area contributed by atoms with Crippen molar-refractivity contribution < 1.29 is 9.53 Å². The number of benzene rings is 1. The Balaban J connectivity index is 0.00000312. The Morgan fingerprint density at radius 2 is 1.80 bits per heavy atom. The van der Waals surface area contributed by atoms with Crippen molar-refractivity contribution in [1.82, 2.24) is 10.6 Å². The molecule has 1 aliphatic heterocycles. The Hall–Kier alpha value is -1.10. The molecule has 0 spiro atoms. The van der Waals surface area contributed by atoms with E-state index in [2.05, 4.69) is 48.7 Å². The van der Waals surface area contributed by atoms with Crippen LogP contribution >= 0.6 is 12.4 Å². The van der Waals surface area contributed by atoms with Crippen molar-refractivity contribution in [2.45, 2.75) is 39.5 Å². The second-order valence-corrected chi connectivity index (χ2v) is 7.55. The topological polar surface area (TPSA) is 50.4 Å². The SMILES string of the molecule is COCC1(CNC(=O)Cc2ccc(CC(C)C)cc2)CCNCC1.Cl. The standard InChI is InChI=1S/C20H32N2O2.ClH/c1-16(2)12-17-4-6-18(7-5-17)13-19(23)22-14-20(15-24-3)8-10-21-11-9-20;/h4-7,16,21H,8-15H2,1-3H3,(H,22,23);1H. The van der Waals surface area contributed by atoms with Gasteiger partial charge in [0.05, 0.1) is 13.0 Å². The van der Waals surface area contributed by atoms with Crippen LogP contribution in [0.25, 0.3) is 0 Å². The number of nitrogens with one attached hydrogen (secondary N) is 2. The lowest BCUT2D eigenvalue weighted by Gasteiger charge is -2.37. The second-order valence-electron chi connectivity index (χ2n) is 7.55. The summed E-state index contributed by atoms with van der Waals surface area (Å²) in [7, 11) is 1.74. The van der Waals surface area contributed by atoms with Crippen LogP contribution in [0, 0.1) is 11.3 Å². The van der Waals surface area contributed by atoms with Gasteiger partial charge in [0.1, 0.15) is 0 Å². The lowest BCUT2D eigenvalue weighted by atomic mass is 9.79. The number of ether oxygens (including phenoxy) is 1. The number of rotatable bonds is 8. The predicted octanol–water partition coefficient (Wildman–Crippen LogP) is 2.98. The van der Waals surface area contributed by atoms with Gasteiger partial charge in [0.25, 0.3) is 0 Å². The third kappa shape index (κ3) is 7.35. The molecule has 0 unspecified atom stereocenters. The first-order valence-electron chi connectivity index (χ1n) is 9.07. The highest BCUT2D eigenvalue weighted by Crippen LogP contribution is 2.28. The molecule has 0 atom stereocenters. The molecule has 0 bridgehead atoms. The van der Waals surface area contributed by atoms with Crippen LogP contribution in [-0.4, -0.2) is 39.3 Å². The normalized spacial score (nSPS) is 16.3. The molecule has 2 N–H and O–H groups in total. The monoisotopic (exact) mass is 368 g/mol. The van der Waals surface area contributed by atoms with Crippen molar-refractivity contribution in [2.24, 2.45) is 11.3 Å². The predicted molar refractivity (Wildman–Crippen MR) is 105 cm³/mol. The number of carbonyl (C=O) groups excluding carboxylic acids is 1. The minimum absolute atomic E-state index is 0. The molecular weight excluding hydrogens is 336 g/mol. The maximum Gasteiger partial charge on any atom is 0.224 e. The van der Waals surface area contributed by atoms with E-state index in [1.54, 1.807) is 7.11 Å². The average molecular weight is 369 g/mol. The molecular formula is C20H33ClN2O2. The highest BCUT2D eigenvalue weighted by molar-refractivity contribution is 5.85. The number of carbonyl (C=O) groups is 1. The molecule has 1 amide bonds. The minimum Gasteiger partial charge on any atom is -0.384 e. The maximum absolute atomic E-state index is 12.3. The van der Waals surface area contributed by atoms with Gasteiger partial charge in [0.2, 0.25) is 5.91 Å². The summed E-state index contributed by atoms with van der Waals surface area (Å²) in [4.78, 5) is 12.3. The smallest absolute Gasteiger partial charge is 0.224 e. The van der Waals surface area contributed by atoms with E-state index < -0.39 is 0 Å². The summed E-state index contributed by atoms with van der Waals surface area (Å²) in [6, 6.07) is 8.43. The van der Waals surface area contributed by atoms with Crippen LogP contribution in [0.4, 0.5) is 0 Å². The van der Waals surface area contributed by atoms with Crippen LogP contribution in [0.15, 0.2) is 24.3 Å². The Bertz CT molecular complexity index is 505. The molecule has 1 saturated heterocycles. The first-order chi connectivity index (χ1) is 11.5. The quantitative estimate of drug-likeness (QED) is 0.741. The van der Waals surface area contributed by atoms with E-state index in [-0.39, 0.29) is 23.7 Å². The number of halogens is 1. The highest BCUT2D eigenvalue weighted by Gasteiger charge is 2.32. The average Bonchev–Trinajstić information content (AvgIpc) is 2.56. The molecule has 5 heteroatoms. The Morgan fingerprint density at radius 3 is 2.36 bits per heavy atom. The van der Waals surface area contributed by atoms with Gasteiger partial charge in [-0.25, -0.2) is 0 Å². The first kappa shape index (κ1) is 21.9. The van der Waals surface area contributed by atoms with Gasteiger partial charge in [-0.05, 0) is 49.4 Å². The first-order valence-corrected chi connectivity index (χ1v) is 9.07. The van der Waals surface area contributed by atoms with Gasteiger partial charge in [-0.3, -0.25) is 4.79 Å². The molecule has 0 saturated carbocycles. The number of hydrogen-bond donors (Lipinski definition) is 2. The van der Waals surface area contributed by atoms with Crippen molar-refractivity contribution in [1.29, 1.82) is 0 Å². The summed E-state index contributed by atoms with van der Waals surface area (Å²) in [5, 5.41) is 6.50. The van der Waals surface area contributed by atoms with E-state index in [1.807, 2.05) is 0 Å². The lowest BCUT2D eigenvalue weighted by molar-refractivity contribution is -0.121. The van der Waals surface area contributed by atoms with Crippen LogP contribution in [0.1, 0.15) is 37.8 Å². The van der Waals surface area contributed by atoms with Crippen molar-refractivity contribution in [3.63, 3.8) is 0 Å². The molecule has 1 aromatic carbocycles. The summed E-state index contributed by atoms with van der Waals surface area (Å²) in [6.45, 7) is 7.84. The molecule has 1 aliphatic rings. The number of methoxy groups -OCH3 is 1. The number of hydrogen-bond acceptors (Lipinski definition) is 3. The minimum atomic E-state index is 0. The van der Waals surface area contributed by atoms with Gasteiger partial charge in [-0.15, -0.1) is 12.4 Å². The third-order valence-corrected chi connectivity index (χ3v) is 4.81. The lowest BCUT2D eigenvalue weighted by Crippen LogP contribution is -2.47. The van der Waals surface area contributed by atoms with Gasteiger partial charge < -0.3 is 15.4 Å². The van der Waals surface area contributed by atoms with Crippen LogP contribution in [0.5, 0.6) is 0 Å². The number of piperidine rings is 1. The zero-order chi connectivity index (χ0) is 17.4. The van der Waals surface area contributed by atoms with Gasteiger partial charge in [0, 0.05) is 19.1 Å².